The summed E-state index contributed by atoms with van der Waals surface area (Å²) in [6, 6.07) is 2.40. The van der Waals surface area contributed by atoms with Crippen molar-refractivity contribution in [1.29, 1.82) is 0 Å². The molecule has 0 N–H and O–H groups in total. The molecule has 0 spiro atoms. The number of Topliss-reactive ketones (excluding diaryl/α,β-unsaturated/α-hetero) is 1. The number of halogens is 1. The van der Waals surface area contributed by atoms with Crippen LogP contribution in [0.25, 0.3) is 0 Å². The molecule has 0 saturated heterocycles. The van der Waals surface area contributed by atoms with Crippen LogP contribution < -0.4 is 0 Å². The van der Waals surface area contributed by atoms with Crippen molar-refractivity contribution in [1.82, 2.24) is 4.57 Å². The third kappa shape index (κ3) is 2.49. The second-order valence-corrected chi connectivity index (χ2v) is 4.62. The normalized spacial score (nSPS) is 12.8. The van der Waals surface area contributed by atoms with E-state index >= 15 is 0 Å². The summed E-state index contributed by atoms with van der Waals surface area (Å²) in [6.07, 6.45) is 2.28. The van der Waals surface area contributed by atoms with E-state index in [9.17, 15) is 4.79 Å². The van der Waals surface area contributed by atoms with Crippen molar-refractivity contribution in [3.05, 3.63) is 23.0 Å². The fraction of sp³-hybridized carbons (Fsp3) is 0.615. The van der Waals surface area contributed by atoms with Gasteiger partial charge in [0.05, 0.1) is 5.88 Å². The van der Waals surface area contributed by atoms with Crippen LogP contribution >= 0.6 is 11.6 Å². The molecular weight excluding hydrogens is 222 g/mol. The van der Waals surface area contributed by atoms with E-state index in [1.54, 1.807) is 0 Å². The van der Waals surface area contributed by atoms with Gasteiger partial charge in [0, 0.05) is 23.0 Å². The van der Waals surface area contributed by atoms with Crippen LogP contribution in [0, 0.1) is 13.8 Å². The lowest BCUT2D eigenvalue weighted by Crippen LogP contribution is -2.10. The van der Waals surface area contributed by atoms with Gasteiger partial charge in [0.15, 0.2) is 5.78 Å². The monoisotopic (exact) mass is 241 g/mol. The van der Waals surface area contributed by atoms with Crippen molar-refractivity contribution >= 4 is 17.4 Å². The number of aromatic nitrogens is 1. The highest BCUT2D eigenvalue weighted by Gasteiger charge is 2.17. The second kappa shape index (κ2) is 5.53. The molecule has 0 aromatic carbocycles. The van der Waals surface area contributed by atoms with Crippen LogP contribution in [0.2, 0.25) is 0 Å². The first-order valence-electron chi connectivity index (χ1n) is 5.80. The summed E-state index contributed by atoms with van der Waals surface area (Å²) in [7, 11) is 0. The van der Waals surface area contributed by atoms with E-state index in [4.69, 9.17) is 11.6 Å². The van der Waals surface area contributed by atoms with Crippen LogP contribution in [0.5, 0.6) is 0 Å². The van der Waals surface area contributed by atoms with Crippen molar-refractivity contribution in [2.75, 3.05) is 5.88 Å². The maximum absolute atomic E-state index is 11.6. The van der Waals surface area contributed by atoms with Gasteiger partial charge in [-0.15, -0.1) is 11.6 Å². The van der Waals surface area contributed by atoms with Crippen molar-refractivity contribution in [3.63, 3.8) is 0 Å². The summed E-state index contributed by atoms with van der Waals surface area (Å²) < 4.78 is 2.24. The third-order valence-corrected chi connectivity index (χ3v) is 3.30. The van der Waals surface area contributed by atoms with Gasteiger partial charge in [0.25, 0.3) is 0 Å². The Bertz CT molecular complexity index is 382. The first kappa shape index (κ1) is 13.3. The Kier molecular flexibility index (Phi) is 4.60. The molecule has 0 aliphatic carbocycles. The Morgan fingerprint density at radius 2 is 2.12 bits per heavy atom. The third-order valence-electron chi connectivity index (χ3n) is 3.05. The Balaban J connectivity index is 3.11. The van der Waals surface area contributed by atoms with E-state index in [1.807, 2.05) is 19.9 Å². The quantitative estimate of drug-likeness (QED) is 0.566. The number of rotatable bonds is 5. The average molecular weight is 242 g/mol. The minimum atomic E-state index is 0.0183. The smallest absolute Gasteiger partial charge is 0.179 e. The molecular formula is C13H20ClNO. The molecule has 1 heterocycles. The van der Waals surface area contributed by atoms with Gasteiger partial charge < -0.3 is 4.57 Å². The van der Waals surface area contributed by atoms with E-state index < -0.39 is 0 Å². The predicted octanol–water partition coefficient (Wildman–Crippen LogP) is 3.89. The van der Waals surface area contributed by atoms with E-state index in [-0.39, 0.29) is 11.7 Å². The van der Waals surface area contributed by atoms with Gasteiger partial charge in [0.2, 0.25) is 0 Å². The molecule has 0 bridgehead atoms. The van der Waals surface area contributed by atoms with Crippen LogP contribution in [0.4, 0.5) is 0 Å². The number of hydrogen-bond acceptors (Lipinski definition) is 1. The number of carbonyl (C=O) groups excluding carboxylic acids is 1. The zero-order valence-electron chi connectivity index (χ0n) is 10.5. The van der Waals surface area contributed by atoms with Crippen LogP contribution in [0.3, 0.4) is 0 Å². The van der Waals surface area contributed by atoms with Crippen molar-refractivity contribution in [3.8, 4) is 0 Å². The fourth-order valence-electron chi connectivity index (χ4n) is 2.36. The van der Waals surface area contributed by atoms with E-state index in [0.29, 0.717) is 6.04 Å². The molecule has 1 rings (SSSR count). The minimum absolute atomic E-state index is 0.0183. The number of carbonyl (C=O) groups is 1. The Morgan fingerprint density at radius 3 is 2.62 bits per heavy atom. The summed E-state index contributed by atoms with van der Waals surface area (Å²) in [4.78, 5) is 11.6. The Labute approximate surface area is 103 Å². The van der Waals surface area contributed by atoms with Gasteiger partial charge >= 0.3 is 0 Å². The Morgan fingerprint density at radius 1 is 1.50 bits per heavy atom. The Hall–Kier alpha value is -0.760. The van der Waals surface area contributed by atoms with Crippen molar-refractivity contribution < 1.29 is 4.79 Å². The highest BCUT2D eigenvalue weighted by atomic mass is 35.5. The van der Waals surface area contributed by atoms with Crippen LogP contribution in [-0.2, 0) is 0 Å². The summed E-state index contributed by atoms with van der Waals surface area (Å²) >= 11 is 5.60. The number of hydrogen-bond donors (Lipinski definition) is 0. The van der Waals surface area contributed by atoms with E-state index in [0.717, 1.165) is 29.8 Å². The van der Waals surface area contributed by atoms with Gasteiger partial charge in [-0.2, -0.15) is 0 Å². The molecule has 90 valence electrons. The maximum Gasteiger partial charge on any atom is 0.179 e. The average Bonchev–Trinajstić information content (AvgIpc) is 2.53. The molecule has 0 aliphatic rings. The molecule has 2 nitrogen and oxygen atoms in total. The van der Waals surface area contributed by atoms with Gasteiger partial charge in [0.1, 0.15) is 0 Å². The van der Waals surface area contributed by atoms with Crippen molar-refractivity contribution in [2.24, 2.45) is 0 Å². The lowest BCUT2D eigenvalue weighted by atomic mass is 10.1. The van der Waals surface area contributed by atoms with Gasteiger partial charge in [-0.3, -0.25) is 4.79 Å². The first-order valence-corrected chi connectivity index (χ1v) is 6.33. The fourth-order valence-corrected chi connectivity index (χ4v) is 2.50. The largest absolute Gasteiger partial charge is 0.346 e. The number of ketones is 1. The topological polar surface area (TPSA) is 22.0 Å². The van der Waals surface area contributed by atoms with Crippen LogP contribution in [-0.4, -0.2) is 16.2 Å². The second-order valence-electron chi connectivity index (χ2n) is 4.35. The molecule has 16 heavy (non-hydrogen) atoms. The molecule has 1 aromatic rings. The molecule has 0 saturated carbocycles. The first-order chi connectivity index (χ1) is 7.52. The van der Waals surface area contributed by atoms with Gasteiger partial charge in [-0.05, 0) is 33.3 Å². The molecule has 1 atom stereocenters. The zero-order chi connectivity index (χ0) is 12.3. The number of nitrogens with zero attached hydrogens (tertiary/aromatic N) is 1. The molecule has 0 radical (unpaired) electrons. The lowest BCUT2D eigenvalue weighted by Gasteiger charge is -2.17. The molecule has 0 amide bonds. The summed E-state index contributed by atoms with van der Waals surface area (Å²) in [6.45, 7) is 8.41. The summed E-state index contributed by atoms with van der Waals surface area (Å²) in [5.41, 5.74) is 2.96. The lowest BCUT2D eigenvalue weighted by molar-refractivity contribution is 0.102. The van der Waals surface area contributed by atoms with Crippen LogP contribution in [0.15, 0.2) is 6.07 Å². The molecule has 0 aliphatic heterocycles. The van der Waals surface area contributed by atoms with Crippen LogP contribution in [0.1, 0.15) is 54.5 Å². The minimum Gasteiger partial charge on any atom is -0.346 e. The summed E-state index contributed by atoms with van der Waals surface area (Å²) in [5, 5.41) is 0. The molecule has 3 heteroatoms. The zero-order valence-corrected chi connectivity index (χ0v) is 11.3. The standard InChI is InChI=1S/C13H20ClNO/c1-5-6-9(2)15-10(3)7-12(11(15)4)13(16)8-14/h7,9H,5-6,8H2,1-4H3. The van der Waals surface area contributed by atoms with Gasteiger partial charge in [-0.25, -0.2) is 0 Å². The highest BCUT2D eigenvalue weighted by Crippen LogP contribution is 2.23. The van der Waals surface area contributed by atoms with E-state index in [1.165, 1.54) is 0 Å². The van der Waals surface area contributed by atoms with Crippen molar-refractivity contribution in [2.45, 2.75) is 46.6 Å². The molecule has 1 aromatic heterocycles. The maximum atomic E-state index is 11.6. The SMILES string of the molecule is CCCC(C)n1c(C)cc(C(=O)CCl)c1C. The molecule has 0 fully saturated rings. The van der Waals surface area contributed by atoms with Gasteiger partial charge in [-0.1, -0.05) is 13.3 Å². The van der Waals surface area contributed by atoms with E-state index in [2.05, 4.69) is 18.4 Å². The summed E-state index contributed by atoms with van der Waals surface area (Å²) in [5.74, 6) is 0.0802. The number of aryl methyl sites for hydroxylation is 1. The number of alkyl halides is 1. The highest BCUT2D eigenvalue weighted by molar-refractivity contribution is 6.30. The predicted molar refractivity (Wildman–Crippen MR) is 68.6 cm³/mol. The molecule has 1 unspecified atom stereocenters.